The summed E-state index contributed by atoms with van der Waals surface area (Å²) in [4.78, 5) is 1.63. The minimum Gasteiger partial charge on any atom is -0.269 e. The number of hydrogen-bond donors (Lipinski definition) is 0. The summed E-state index contributed by atoms with van der Waals surface area (Å²) in [7, 11) is -3.83. The lowest BCUT2D eigenvalue weighted by atomic mass is 9.77. The normalized spacial score (nSPS) is 12.4. The monoisotopic (exact) mass is 552 g/mol. The van der Waals surface area contributed by atoms with Gasteiger partial charge in [0.25, 0.3) is 10.1 Å². The molecular weight excluding hydrogens is 520 g/mol. The lowest BCUT2D eigenvalue weighted by Gasteiger charge is -2.34. The summed E-state index contributed by atoms with van der Waals surface area (Å²) >= 11 is 0. The molecule has 0 N–H and O–H groups in total. The van der Waals surface area contributed by atoms with E-state index in [1.165, 1.54) is 0 Å². The molecule has 0 bridgehead atoms. The van der Waals surface area contributed by atoms with Crippen LogP contribution in [0.15, 0.2) is 115 Å². The van der Waals surface area contributed by atoms with Crippen molar-refractivity contribution in [3.8, 4) is 11.4 Å². The van der Waals surface area contributed by atoms with E-state index in [1.54, 1.807) is 16.9 Å². The first-order chi connectivity index (χ1) is 19.2. The molecule has 0 saturated carbocycles. The summed E-state index contributed by atoms with van der Waals surface area (Å²) in [6, 6.07) is 37.4. The zero-order chi connectivity index (χ0) is 28.2. The van der Waals surface area contributed by atoms with Crippen molar-refractivity contribution in [3.05, 3.63) is 138 Å². The highest BCUT2D eigenvalue weighted by atomic mass is 32.2. The number of tetrazole rings is 1. The van der Waals surface area contributed by atoms with Crippen molar-refractivity contribution in [2.24, 2.45) is 5.41 Å². The molecule has 8 heteroatoms. The molecule has 4 aromatic carbocycles. The Bertz CT molecular complexity index is 1570. The van der Waals surface area contributed by atoms with E-state index in [-0.39, 0.29) is 17.8 Å². The van der Waals surface area contributed by atoms with Crippen molar-refractivity contribution < 1.29 is 12.6 Å². The molecule has 0 spiro atoms. The van der Waals surface area contributed by atoms with Crippen LogP contribution in [0.4, 0.5) is 0 Å². The van der Waals surface area contributed by atoms with Gasteiger partial charge in [0.05, 0.1) is 6.61 Å². The Kier molecular flexibility index (Phi) is 7.65. The van der Waals surface area contributed by atoms with E-state index in [1.807, 2.05) is 87.5 Å². The summed E-state index contributed by atoms with van der Waals surface area (Å²) in [6.07, 6.45) is 0. The molecule has 7 nitrogen and oxygen atoms in total. The van der Waals surface area contributed by atoms with E-state index in [9.17, 15) is 8.42 Å². The first kappa shape index (κ1) is 27.4. The molecule has 0 aliphatic carbocycles. The van der Waals surface area contributed by atoms with Crippen molar-refractivity contribution >= 4 is 10.1 Å². The molecule has 0 unspecified atom stereocenters. The molecule has 1 heterocycles. The van der Waals surface area contributed by atoms with Gasteiger partial charge in [0.15, 0.2) is 5.54 Å². The number of aromatic nitrogens is 4. The number of nitrogens with zero attached hydrogens (tertiary/aromatic N) is 4. The average molecular weight is 553 g/mol. The van der Waals surface area contributed by atoms with Gasteiger partial charge in [0.2, 0.25) is 5.82 Å². The van der Waals surface area contributed by atoms with Crippen LogP contribution >= 0.6 is 0 Å². The maximum Gasteiger partial charge on any atom is 0.271 e. The Hall–Kier alpha value is -4.14. The van der Waals surface area contributed by atoms with Crippen molar-refractivity contribution in [2.45, 2.75) is 32.1 Å². The largest absolute Gasteiger partial charge is 0.271 e. The quantitative estimate of drug-likeness (QED) is 0.163. The molecule has 5 rings (SSSR count). The summed E-state index contributed by atoms with van der Waals surface area (Å²) in [5.41, 5.74) is 2.80. The summed E-state index contributed by atoms with van der Waals surface area (Å²) in [5.74, 6) is 0.0309. The van der Waals surface area contributed by atoms with Gasteiger partial charge in [0, 0.05) is 5.56 Å². The van der Waals surface area contributed by atoms with Gasteiger partial charge in [-0.2, -0.15) is 8.42 Å². The Labute approximate surface area is 235 Å². The molecule has 0 saturated heterocycles. The van der Waals surface area contributed by atoms with Gasteiger partial charge in [-0.15, -0.1) is 15.0 Å². The topological polar surface area (TPSA) is 87.0 Å². The van der Waals surface area contributed by atoms with E-state index in [2.05, 4.69) is 46.7 Å². The SMILES string of the molecule is CC(C)(C)COS(=O)(=O)Cc1ccccc1-c1nnn(C(c2ccccc2)(c2ccccc2)c2ccccc2)n1. The number of hydrogen-bond acceptors (Lipinski definition) is 6. The first-order valence-electron chi connectivity index (χ1n) is 13.1. The Morgan fingerprint density at radius 1 is 0.700 bits per heavy atom. The molecule has 0 aliphatic heterocycles. The van der Waals surface area contributed by atoms with Crippen molar-refractivity contribution in [3.63, 3.8) is 0 Å². The predicted molar refractivity (Wildman–Crippen MR) is 156 cm³/mol. The zero-order valence-electron chi connectivity index (χ0n) is 22.8. The molecule has 0 aliphatic rings. The molecule has 1 aromatic heterocycles. The second-order valence-electron chi connectivity index (χ2n) is 10.9. The third kappa shape index (κ3) is 5.73. The van der Waals surface area contributed by atoms with Crippen molar-refractivity contribution in [2.75, 3.05) is 6.61 Å². The smallest absolute Gasteiger partial charge is 0.269 e. The maximum absolute atomic E-state index is 12.9. The van der Waals surface area contributed by atoms with Gasteiger partial charge < -0.3 is 0 Å². The third-order valence-corrected chi connectivity index (χ3v) is 7.69. The van der Waals surface area contributed by atoms with Crippen LogP contribution in [0.2, 0.25) is 0 Å². The van der Waals surface area contributed by atoms with Crippen LogP contribution < -0.4 is 0 Å². The third-order valence-electron chi connectivity index (χ3n) is 6.55. The van der Waals surface area contributed by atoms with Crippen LogP contribution in [0.25, 0.3) is 11.4 Å². The number of benzene rings is 4. The van der Waals surface area contributed by atoms with E-state index in [4.69, 9.17) is 9.28 Å². The minimum atomic E-state index is -3.83. The second-order valence-corrected chi connectivity index (χ2v) is 12.5. The van der Waals surface area contributed by atoms with Gasteiger partial charge in [-0.05, 0) is 32.9 Å². The van der Waals surface area contributed by atoms with E-state index < -0.39 is 15.7 Å². The molecule has 0 amide bonds. The Morgan fingerprint density at radius 2 is 1.18 bits per heavy atom. The fourth-order valence-electron chi connectivity index (χ4n) is 4.71. The maximum atomic E-state index is 12.9. The molecule has 0 fully saturated rings. The highest BCUT2D eigenvalue weighted by molar-refractivity contribution is 7.85. The summed E-state index contributed by atoms with van der Waals surface area (Å²) in [6.45, 7) is 5.88. The fraction of sp³-hybridized carbons (Fsp3) is 0.219. The van der Waals surface area contributed by atoms with Crippen LogP contribution in [0, 0.1) is 5.41 Å². The molecule has 204 valence electrons. The lowest BCUT2D eigenvalue weighted by Crippen LogP contribution is -2.39. The van der Waals surface area contributed by atoms with Crippen LogP contribution in [0.3, 0.4) is 0 Å². The van der Waals surface area contributed by atoms with Gasteiger partial charge >= 0.3 is 0 Å². The average Bonchev–Trinajstić information content (AvgIpc) is 3.44. The molecule has 0 radical (unpaired) electrons. The van der Waals surface area contributed by atoms with Crippen molar-refractivity contribution in [1.82, 2.24) is 20.2 Å². The summed E-state index contributed by atoms with van der Waals surface area (Å²) < 4.78 is 31.1. The van der Waals surface area contributed by atoms with Gasteiger partial charge in [-0.25, -0.2) is 0 Å². The Morgan fingerprint density at radius 3 is 1.68 bits per heavy atom. The summed E-state index contributed by atoms with van der Waals surface area (Å²) in [5, 5.41) is 14.0. The van der Waals surface area contributed by atoms with Crippen LogP contribution in [-0.2, 0) is 25.6 Å². The zero-order valence-corrected chi connectivity index (χ0v) is 23.6. The highest BCUT2D eigenvalue weighted by Gasteiger charge is 2.41. The number of rotatable bonds is 9. The lowest BCUT2D eigenvalue weighted by molar-refractivity contribution is 0.203. The predicted octanol–water partition coefficient (Wildman–Crippen LogP) is 6.07. The molecule has 0 atom stereocenters. The molecule has 5 aromatic rings. The van der Waals surface area contributed by atoms with Gasteiger partial charge in [0.1, 0.15) is 5.75 Å². The minimum absolute atomic E-state index is 0.0969. The Balaban J connectivity index is 1.64. The first-order valence-corrected chi connectivity index (χ1v) is 14.7. The highest BCUT2D eigenvalue weighted by Crippen LogP contribution is 2.40. The van der Waals surface area contributed by atoms with Gasteiger partial charge in [-0.3, -0.25) is 4.18 Å². The standard InChI is InChI=1S/C32H32N4O3S/c1-31(2,3)24-39-40(37,38)23-25-15-13-14-22-29(25)30-33-35-36(34-30)32(26-16-7-4-8-17-26,27-18-9-5-10-19-27)28-20-11-6-12-21-28/h4-22H,23-24H2,1-3H3. The van der Waals surface area contributed by atoms with Crippen LogP contribution in [0.1, 0.15) is 43.0 Å². The fourth-order valence-corrected chi connectivity index (χ4v) is 5.96. The van der Waals surface area contributed by atoms with Crippen LogP contribution in [-0.4, -0.2) is 35.2 Å². The van der Waals surface area contributed by atoms with E-state index in [0.717, 1.165) is 16.7 Å². The van der Waals surface area contributed by atoms with E-state index >= 15 is 0 Å². The van der Waals surface area contributed by atoms with Crippen molar-refractivity contribution in [1.29, 1.82) is 0 Å². The van der Waals surface area contributed by atoms with Crippen LogP contribution in [0.5, 0.6) is 0 Å². The van der Waals surface area contributed by atoms with E-state index in [0.29, 0.717) is 17.0 Å². The van der Waals surface area contributed by atoms with Gasteiger partial charge in [-0.1, -0.05) is 136 Å². The molecule has 40 heavy (non-hydrogen) atoms. The molecular formula is C32H32N4O3S. The second kappa shape index (κ2) is 11.2.